The van der Waals surface area contributed by atoms with Crippen LogP contribution in [0.15, 0.2) is 122 Å². The number of ketones is 1. The largest absolute Gasteiger partial charge is 0.478 e. The molecule has 2 aliphatic heterocycles. The summed E-state index contributed by atoms with van der Waals surface area (Å²) in [5.41, 5.74) is 8.68. The SMILES string of the molecule is CC[C@H]1[C@@H](O)[C@H]2C3CC[C@H]([C@H](C)CCCC(=O)CS(=O)(=O)c4ccc(C(C)(C)C)cc4)[C@@]3(C)CC[C@@H]2[C@@]2(C)CC[C@@H](O)C[C@@H]12.Cc1cccc(Cl)c1-c1noc(C2CC2)c1COC1CCN(c2ccc3c(C(=O)O)cn(C)c3c2)CC1.O=C(O)c1cc2c(Cl)c(N3CCN(S(=O)(=O)c4c(Cl)cccc4Cl)CC3)ccc2o1. The third-order valence-corrected chi connectivity index (χ3v) is 31.6. The van der Waals surface area contributed by atoms with E-state index >= 15 is 0 Å². The summed E-state index contributed by atoms with van der Waals surface area (Å²) in [7, 11) is -5.60. The number of carbonyl (C=O) groups is 3. The van der Waals surface area contributed by atoms with E-state index < -0.39 is 37.6 Å². The lowest BCUT2D eigenvalue weighted by Gasteiger charge is -2.64. The van der Waals surface area contributed by atoms with Crippen LogP contribution in [0.1, 0.15) is 194 Å². The minimum Gasteiger partial charge on any atom is -0.478 e. The highest BCUT2D eigenvalue weighted by Crippen LogP contribution is 2.70. The lowest BCUT2D eigenvalue weighted by Crippen LogP contribution is -2.62. The number of halogens is 4. The molecule has 1 unspecified atom stereocenters. The van der Waals surface area contributed by atoms with Crippen molar-refractivity contribution in [3.63, 3.8) is 0 Å². The molecule has 15 rings (SSSR count). The fourth-order valence-corrected chi connectivity index (χ4v) is 24.6. The summed E-state index contributed by atoms with van der Waals surface area (Å²) in [4.78, 5) is 39.9. The first-order valence-corrected chi connectivity index (χ1v) is 44.0. The van der Waals surface area contributed by atoms with Gasteiger partial charge in [0.15, 0.2) is 9.84 Å². The number of anilines is 2. The highest BCUT2D eigenvalue weighted by atomic mass is 35.5. The van der Waals surface area contributed by atoms with Gasteiger partial charge in [0.25, 0.3) is 0 Å². The molecule has 0 spiro atoms. The number of carboxylic acid groups (broad SMARTS) is 2. The highest BCUT2D eigenvalue weighted by Gasteiger charge is 2.65. The molecule has 3 aromatic heterocycles. The van der Waals surface area contributed by atoms with Gasteiger partial charge in [-0.25, -0.2) is 26.4 Å². The molecule has 19 nitrogen and oxygen atoms in total. The number of hydrogen-bond donors (Lipinski definition) is 4. The average molecular weight is 1640 g/mol. The minimum absolute atomic E-state index is 0.0558. The summed E-state index contributed by atoms with van der Waals surface area (Å²) in [6, 6.07) is 28.2. The van der Waals surface area contributed by atoms with E-state index in [0.717, 1.165) is 128 Å². The minimum atomic E-state index is -3.85. The normalized spacial score (nSPS) is 25.5. The van der Waals surface area contributed by atoms with E-state index in [1.807, 2.05) is 65.9 Å². The van der Waals surface area contributed by atoms with Gasteiger partial charge in [0.05, 0.1) is 66.7 Å². The number of aliphatic hydroxyl groups is 2. The number of carboxylic acids is 2. The molecule has 4 N–H and O–H groups in total. The number of nitrogens with zero attached hydrogens (tertiary/aromatic N) is 5. The number of Topliss-reactive ketones (excluding diaryl/α,β-unsaturated/α-hetero) is 1. The van der Waals surface area contributed by atoms with Gasteiger partial charge in [-0.2, -0.15) is 4.31 Å². The van der Waals surface area contributed by atoms with Gasteiger partial charge in [-0.1, -0.05) is 143 Å². The van der Waals surface area contributed by atoms with Crippen LogP contribution in [0.25, 0.3) is 33.1 Å². The van der Waals surface area contributed by atoms with Gasteiger partial charge in [-0.05, 0) is 213 Å². The number of carbonyl (C=O) groups excluding carboxylic acids is 1. The summed E-state index contributed by atoms with van der Waals surface area (Å²) in [6.45, 7) is 21.3. The number of sulfonamides is 1. The maximum atomic E-state index is 13.0. The van der Waals surface area contributed by atoms with Crippen LogP contribution in [0.2, 0.25) is 20.1 Å². The zero-order valence-electron chi connectivity index (χ0n) is 64.9. The van der Waals surface area contributed by atoms with E-state index in [4.69, 9.17) is 65.2 Å². The van der Waals surface area contributed by atoms with E-state index in [9.17, 15) is 46.5 Å². The number of piperidine rings is 1. The predicted molar refractivity (Wildman–Crippen MR) is 436 cm³/mol. The zero-order chi connectivity index (χ0) is 79.6. The molecule has 0 bridgehead atoms. The molecule has 598 valence electrons. The Labute approximate surface area is 672 Å². The summed E-state index contributed by atoms with van der Waals surface area (Å²) in [5.74, 6) is 1.61. The second-order valence-electron chi connectivity index (χ2n) is 34.0. The Hall–Kier alpha value is -6.50. The fourth-order valence-electron chi connectivity index (χ4n) is 20.2. The molecule has 111 heavy (non-hydrogen) atoms. The second-order valence-corrected chi connectivity index (χ2v) is 39.4. The van der Waals surface area contributed by atoms with E-state index in [1.165, 1.54) is 48.2 Å². The second kappa shape index (κ2) is 33.0. The number of fused-ring (bicyclic) bond motifs is 7. The van der Waals surface area contributed by atoms with Crippen molar-refractivity contribution in [1.29, 1.82) is 0 Å². The number of hydrogen-bond acceptors (Lipinski definition) is 15. The average Bonchev–Trinajstić information content (AvgIpc) is 1.69. The standard InChI is InChI=1S/C38H60O5S.C29H30ClN3O4.C19H15Cl3N2O5S/c1-8-29-33-22-26(39)18-20-38(33,7)32-19-21-37(6)30(16-17-31(37)34(32)35(29)41)24(2)10-9-11-27(40)23-44(42,43)28-14-12-25(13-15-28)36(3,4)5;1-17-4-3-5-24(30)26(17)27-23(28(37-31-27)18-6-7-18)16-36-20-10-12-33(13-11-20)19-8-9-21-22(29(34)35)15-32(2)25(21)14-19;20-12-2-1-3-13(21)18(12)30(27,28)24-8-6-23(7-9-24)14-4-5-15-11(17(14)22)10-16(29-15)19(25)26/h12-15,24,26,29-35,39,41H,8-11,16-23H2,1-7H3;3-5,8-9,14-15,18,20H,6-7,10-13,16H2,1-2H3,(H,34,35);1-5,10H,6-9H2,(H,25,26)/t24-,26-,29-,30-,31?,32+,33+,34+,35-,37-,38-;;/m1../s1. The van der Waals surface area contributed by atoms with E-state index in [0.29, 0.717) is 99.8 Å². The van der Waals surface area contributed by atoms with E-state index in [-0.39, 0.29) is 84.9 Å². The third-order valence-electron chi connectivity index (χ3n) is 26.3. The first kappa shape index (κ1) is 82.5. The number of aromatic carboxylic acids is 2. The first-order chi connectivity index (χ1) is 52.6. The quantitative estimate of drug-likeness (QED) is 0.0552. The lowest BCUT2D eigenvalue weighted by atomic mass is 9.41. The molecule has 5 aromatic carbocycles. The smallest absolute Gasteiger partial charge is 0.371 e. The number of rotatable bonds is 20. The van der Waals surface area contributed by atoms with E-state index in [2.05, 4.69) is 64.6 Å². The third kappa shape index (κ3) is 16.7. The number of aromatic nitrogens is 2. The fraction of sp³-hybridized carbons (Fsp3) is 0.535. The van der Waals surface area contributed by atoms with Gasteiger partial charge in [-0.3, -0.25) is 4.79 Å². The molecular weight excluding hydrogens is 1530 g/mol. The van der Waals surface area contributed by atoms with Crippen molar-refractivity contribution in [3.8, 4) is 11.3 Å². The molecule has 5 saturated carbocycles. The van der Waals surface area contributed by atoms with Crippen LogP contribution in [-0.2, 0) is 48.5 Å². The molecule has 0 radical (unpaired) electrons. The molecule has 25 heteroatoms. The van der Waals surface area contributed by atoms with Gasteiger partial charge < -0.3 is 48.5 Å². The maximum Gasteiger partial charge on any atom is 0.371 e. The Balaban J connectivity index is 0.000000149. The number of benzene rings is 5. The van der Waals surface area contributed by atoms with Crippen LogP contribution in [0.3, 0.4) is 0 Å². The maximum absolute atomic E-state index is 13.0. The Morgan fingerprint density at radius 1 is 0.739 bits per heavy atom. The van der Waals surface area contributed by atoms with Gasteiger partial charge in [-0.15, -0.1) is 0 Å². The number of furan rings is 1. The number of aryl methyl sites for hydroxylation is 2. The zero-order valence-corrected chi connectivity index (χ0v) is 69.5. The number of piperazine rings is 1. The molecule has 7 fully saturated rings. The van der Waals surface area contributed by atoms with Crippen molar-refractivity contribution in [2.24, 2.45) is 59.3 Å². The topological polar surface area (TPSA) is 263 Å². The van der Waals surface area contributed by atoms with Crippen LogP contribution in [0.5, 0.6) is 0 Å². The summed E-state index contributed by atoms with van der Waals surface area (Å²) in [5, 5.41) is 48.0. The molecular formula is C86H105Cl4N5O14S2. The van der Waals surface area contributed by atoms with Crippen LogP contribution in [0, 0.1) is 59.2 Å². The Morgan fingerprint density at radius 2 is 1.41 bits per heavy atom. The van der Waals surface area contributed by atoms with Gasteiger partial charge in [0.1, 0.15) is 33.5 Å². The molecule has 0 amide bonds. The summed E-state index contributed by atoms with van der Waals surface area (Å²) < 4.78 is 72.8. The summed E-state index contributed by atoms with van der Waals surface area (Å²) >= 11 is 25.2. The van der Waals surface area contributed by atoms with Crippen molar-refractivity contribution >= 4 is 117 Å². The highest BCUT2D eigenvalue weighted by molar-refractivity contribution is 7.92. The number of ether oxygens (including phenoxy) is 1. The molecule has 2 saturated heterocycles. The number of sulfone groups is 1. The molecule has 11 atom stereocenters. The van der Waals surface area contributed by atoms with Gasteiger partial charge in [0, 0.05) is 98.5 Å². The predicted octanol–water partition coefficient (Wildman–Crippen LogP) is 18.9. The Kier molecular flexibility index (Phi) is 24.5. The first-order valence-electron chi connectivity index (χ1n) is 39.4. The van der Waals surface area contributed by atoms with Gasteiger partial charge >= 0.3 is 11.9 Å². The van der Waals surface area contributed by atoms with Crippen LogP contribution >= 0.6 is 46.4 Å². The summed E-state index contributed by atoms with van der Waals surface area (Å²) in [6.07, 6.45) is 15.9. The monoisotopic (exact) mass is 1640 g/mol. The molecule has 5 aliphatic carbocycles. The van der Waals surface area contributed by atoms with Crippen molar-refractivity contribution in [2.45, 2.75) is 198 Å². The number of aliphatic hydroxyl groups excluding tert-OH is 2. The Bertz CT molecular complexity index is 4960. The van der Waals surface area contributed by atoms with Gasteiger partial charge in [0.2, 0.25) is 15.8 Å². The van der Waals surface area contributed by atoms with Crippen LogP contribution in [0.4, 0.5) is 11.4 Å². The Morgan fingerprint density at radius 3 is 2.05 bits per heavy atom. The van der Waals surface area contributed by atoms with Crippen molar-refractivity contribution in [1.82, 2.24) is 14.0 Å². The lowest BCUT2D eigenvalue weighted by molar-refractivity contribution is -0.203. The van der Waals surface area contributed by atoms with E-state index in [1.54, 1.807) is 36.5 Å². The van der Waals surface area contributed by atoms with Crippen LogP contribution < -0.4 is 9.80 Å². The molecule has 8 aromatic rings. The van der Waals surface area contributed by atoms with Crippen molar-refractivity contribution < 1.29 is 65.3 Å². The molecule has 7 aliphatic rings. The van der Waals surface area contributed by atoms with Crippen molar-refractivity contribution in [2.75, 3.05) is 54.8 Å². The van der Waals surface area contributed by atoms with Crippen molar-refractivity contribution in [3.05, 3.63) is 157 Å². The van der Waals surface area contributed by atoms with Crippen LogP contribution in [-0.4, -0.2) is 132 Å². The molecule has 5 heterocycles.